The van der Waals surface area contributed by atoms with Gasteiger partial charge in [0.2, 0.25) is 5.91 Å². The molecule has 1 amide bonds. The van der Waals surface area contributed by atoms with Crippen LogP contribution in [0.1, 0.15) is 5.56 Å². The van der Waals surface area contributed by atoms with Crippen molar-refractivity contribution >= 4 is 85.6 Å². The molecule has 0 aromatic heterocycles. The summed E-state index contributed by atoms with van der Waals surface area (Å²) >= 11 is 0. The minimum Gasteiger partial charge on any atom is -0.505 e. The number of likely N-dealkylation sites (N-methyl/N-ethyl adjacent to an activating group) is 1. The summed E-state index contributed by atoms with van der Waals surface area (Å²) in [7, 11) is -17.3. The molecule has 0 saturated carbocycles. The number of methoxy groups -OCH3 is 1. The third kappa shape index (κ3) is 8.89. The lowest BCUT2D eigenvalue weighted by Gasteiger charge is -2.15. The molecule has 0 saturated heterocycles. The Labute approximate surface area is 295 Å². The van der Waals surface area contributed by atoms with Gasteiger partial charge < -0.3 is 20.5 Å². The average Bonchev–Trinajstić information content (AvgIpc) is 3.01. The first-order valence-corrected chi connectivity index (χ1v) is 19.6. The van der Waals surface area contributed by atoms with E-state index >= 15 is 0 Å². The van der Waals surface area contributed by atoms with Gasteiger partial charge in [0.25, 0.3) is 40.5 Å². The highest BCUT2D eigenvalue weighted by Crippen LogP contribution is 2.46. The van der Waals surface area contributed by atoms with E-state index in [1.807, 2.05) is 0 Å². The zero-order chi connectivity index (χ0) is 39.0. The minimum atomic E-state index is -5.23. The summed E-state index contributed by atoms with van der Waals surface area (Å²) in [5, 5.41) is 30.7. The van der Waals surface area contributed by atoms with Gasteiger partial charge in [-0.2, -0.15) is 38.8 Å². The van der Waals surface area contributed by atoms with Crippen LogP contribution in [0.5, 0.6) is 11.5 Å². The molecule has 0 aliphatic carbocycles. The van der Waals surface area contributed by atoms with Crippen molar-refractivity contribution < 1.29 is 66.5 Å². The maximum absolute atomic E-state index is 12.4. The van der Waals surface area contributed by atoms with E-state index < -0.39 is 88.8 Å². The summed E-state index contributed by atoms with van der Waals surface area (Å²) in [6.07, 6.45) is 0. The average molecular weight is 803 g/mol. The first kappa shape index (κ1) is 39.8. The van der Waals surface area contributed by atoms with Crippen LogP contribution in [0.2, 0.25) is 0 Å². The molecular formula is C27H26N6O15S4. The number of hydrogen-bond donors (Lipinski definition) is 7. The van der Waals surface area contributed by atoms with Crippen LogP contribution in [-0.2, 0) is 45.3 Å². The summed E-state index contributed by atoms with van der Waals surface area (Å²) in [5.41, 5.74) is -1.94. The molecule has 7 N–H and O–H groups in total. The van der Waals surface area contributed by atoms with Gasteiger partial charge in [0, 0.05) is 11.5 Å². The third-order valence-corrected chi connectivity index (χ3v) is 10.3. The molecule has 0 spiro atoms. The molecule has 52 heavy (non-hydrogen) atoms. The maximum atomic E-state index is 12.4. The van der Waals surface area contributed by atoms with Crippen molar-refractivity contribution in [3.63, 3.8) is 0 Å². The van der Waals surface area contributed by atoms with Crippen molar-refractivity contribution in [3.8, 4) is 11.5 Å². The van der Waals surface area contributed by atoms with Gasteiger partial charge in [0.05, 0.1) is 34.8 Å². The van der Waals surface area contributed by atoms with E-state index in [1.54, 1.807) is 0 Å². The van der Waals surface area contributed by atoms with Crippen LogP contribution < -0.4 is 15.4 Å². The number of benzene rings is 4. The third-order valence-electron chi connectivity index (χ3n) is 6.84. The first-order chi connectivity index (χ1) is 23.9. The van der Waals surface area contributed by atoms with E-state index in [2.05, 4.69) is 31.1 Å². The number of carbonyl (C=O) groups excluding carboxylic acids is 1. The monoisotopic (exact) mass is 802 g/mol. The Balaban J connectivity index is 1.89. The Hall–Kier alpha value is -4.99. The fourth-order valence-electron chi connectivity index (χ4n) is 4.53. The molecule has 4 rings (SSSR count). The lowest BCUT2D eigenvalue weighted by atomic mass is 10.1. The topological polar surface area (TPSA) is 338 Å². The number of nitrogens with zero attached hydrogens (tertiary/aromatic N) is 4. The highest BCUT2D eigenvalue weighted by atomic mass is 32.2. The second kappa shape index (κ2) is 14.6. The van der Waals surface area contributed by atoms with E-state index in [0.717, 1.165) is 12.1 Å². The second-order valence-electron chi connectivity index (χ2n) is 10.5. The van der Waals surface area contributed by atoms with Crippen LogP contribution in [0.25, 0.3) is 10.8 Å². The molecule has 4 aromatic rings. The normalized spacial score (nSPS) is 12.9. The van der Waals surface area contributed by atoms with Crippen molar-refractivity contribution in [1.82, 2.24) is 5.32 Å². The molecule has 0 heterocycles. The Morgan fingerprint density at radius 1 is 0.712 bits per heavy atom. The number of aromatic hydroxyl groups is 1. The van der Waals surface area contributed by atoms with Crippen LogP contribution in [0, 0.1) is 6.92 Å². The van der Waals surface area contributed by atoms with Gasteiger partial charge in [-0.1, -0.05) is 0 Å². The van der Waals surface area contributed by atoms with Crippen LogP contribution >= 0.6 is 0 Å². The van der Waals surface area contributed by atoms with E-state index in [9.17, 15) is 61.8 Å². The number of hydrogen-bond acceptors (Lipinski definition) is 16. The molecule has 21 nitrogen and oxygen atoms in total. The van der Waals surface area contributed by atoms with Crippen LogP contribution in [0.4, 0.5) is 28.4 Å². The van der Waals surface area contributed by atoms with E-state index in [1.165, 1.54) is 33.2 Å². The van der Waals surface area contributed by atoms with Gasteiger partial charge >= 0.3 is 0 Å². The molecule has 0 aliphatic heterocycles. The van der Waals surface area contributed by atoms with Gasteiger partial charge in [-0.3, -0.25) is 23.0 Å². The predicted molar refractivity (Wildman–Crippen MR) is 180 cm³/mol. The summed E-state index contributed by atoms with van der Waals surface area (Å²) in [5.74, 6) is -1.88. The quantitative estimate of drug-likeness (QED) is 0.0790. The smallest absolute Gasteiger partial charge is 0.296 e. The Kier molecular flexibility index (Phi) is 11.1. The lowest BCUT2D eigenvalue weighted by Crippen LogP contribution is -2.25. The molecule has 0 bridgehead atoms. The molecule has 4 aromatic carbocycles. The zero-order valence-electron chi connectivity index (χ0n) is 26.6. The van der Waals surface area contributed by atoms with Crippen molar-refractivity contribution in [2.75, 3.05) is 26.0 Å². The van der Waals surface area contributed by atoms with Gasteiger partial charge in [-0.25, -0.2) is 0 Å². The highest BCUT2D eigenvalue weighted by molar-refractivity contribution is 7.86. The largest absolute Gasteiger partial charge is 0.505 e. The lowest BCUT2D eigenvalue weighted by molar-refractivity contribution is -0.115. The zero-order valence-corrected chi connectivity index (χ0v) is 29.8. The Morgan fingerprint density at radius 3 is 1.87 bits per heavy atom. The van der Waals surface area contributed by atoms with Crippen LogP contribution in [-0.4, -0.2) is 83.6 Å². The van der Waals surface area contributed by atoms with Crippen LogP contribution in [0.3, 0.4) is 0 Å². The minimum absolute atomic E-state index is 0.0434. The fourth-order valence-corrected chi connectivity index (χ4v) is 6.84. The summed E-state index contributed by atoms with van der Waals surface area (Å²) < 4.78 is 139. The first-order valence-electron chi connectivity index (χ1n) is 13.8. The highest BCUT2D eigenvalue weighted by Gasteiger charge is 2.26. The number of amides is 1. The molecule has 0 unspecified atom stereocenters. The van der Waals surface area contributed by atoms with Crippen molar-refractivity contribution in [1.29, 1.82) is 0 Å². The number of azo groups is 2. The molecule has 0 aliphatic rings. The van der Waals surface area contributed by atoms with Crippen molar-refractivity contribution in [3.05, 3.63) is 54.1 Å². The second-order valence-corrected chi connectivity index (χ2v) is 16.1. The fraction of sp³-hybridized carbons (Fsp3) is 0.148. The molecule has 0 fully saturated rings. The number of fused-ring (bicyclic) bond motifs is 1. The predicted octanol–water partition coefficient (Wildman–Crippen LogP) is 3.84. The molecule has 0 atom stereocenters. The summed E-state index contributed by atoms with van der Waals surface area (Å²) in [6.45, 7) is 1.15. The number of anilines is 1. The number of ether oxygens (including phenoxy) is 1. The number of aryl methyl sites for hydroxylation is 1. The SMILES string of the molecule is CNCC(=O)Nc1cc(S(=O)(=O)O)cc2cc(S(=O)(=O)O)c(N=Nc3cc(C)c(N=Nc4cc(S(=O)(=O)O)ccc4S(=O)(=O)O)cc3OC)c(O)c12. The number of phenolic OH excluding ortho intramolecular Hbond substituents is 1. The standard InChI is InChI=1S/C27H26N6O15S4/c1-13-6-18(21(48-3)11-17(13)30-32-19-9-15(49(36,37)38)4-5-22(19)51(42,43)44)31-33-26-23(52(45,46)47)8-14-7-16(50(39,40)41)10-20(25(14)27(26)35)29-24(34)12-28-2/h4-11,28,35H,12H2,1-3H3,(H,29,34)(H,36,37,38)(H,39,40,41)(H,42,43,44)(H,45,46,47). The van der Waals surface area contributed by atoms with Crippen molar-refractivity contribution in [2.45, 2.75) is 26.5 Å². The number of rotatable bonds is 12. The maximum Gasteiger partial charge on any atom is 0.296 e. The molecule has 25 heteroatoms. The van der Waals surface area contributed by atoms with E-state index in [4.69, 9.17) is 4.74 Å². The van der Waals surface area contributed by atoms with E-state index in [0.29, 0.717) is 24.3 Å². The molecule has 278 valence electrons. The molecular weight excluding hydrogens is 777 g/mol. The number of phenols is 1. The van der Waals surface area contributed by atoms with Gasteiger partial charge in [-0.15, -0.1) is 15.3 Å². The number of nitrogens with one attached hydrogen (secondary N) is 2. The summed E-state index contributed by atoms with van der Waals surface area (Å²) in [4.78, 5) is 8.91. The van der Waals surface area contributed by atoms with Crippen LogP contribution in [0.15, 0.2) is 88.6 Å². The Bertz CT molecular complexity index is 2650. The van der Waals surface area contributed by atoms with Gasteiger partial charge in [0.1, 0.15) is 32.6 Å². The van der Waals surface area contributed by atoms with Gasteiger partial charge in [0.15, 0.2) is 5.75 Å². The van der Waals surface area contributed by atoms with Gasteiger partial charge in [-0.05, 0) is 67.4 Å². The van der Waals surface area contributed by atoms with Crippen molar-refractivity contribution in [2.24, 2.45) is 20.5 Å². The Morgan fingerprint density at radius 2 is 1.31 bits per heavy atom. The van der Waals surface area contributed by atoms with E-state index in [-0.39, 0.29) is 40.0 Å². The number of carbonyl (C=O) groups is 1. The summed E-state index contributed by atoms with van der Waals surface area (Å²) in [6, 6.07) is 6.74. The molecule has 0 radical (unpaired) electrons.